The topological polar surface area (TPSA) is 85.6 Å². The molecular formula is C14H12N6O. The van der Waals surface area contributed by atoms with Crippen LogP contribution < -0.4 is 5.32 Å². The summed E-state index contributed by atoms with van der Waals surface area (Å²) in [7, 11) is 0. The first-order chi connectivity index (χ1) is 10.3. The molecule has 104 valence electrons. The predicted octanol–water partition coefficient (Wildman–Crippen LogP) is 0.987. The van der Waals surface area contributed by atoms with Crippen LogP contribution in [0, 0.1) is 0 Å². The molecule has 0 aliphatic heterocycles. The summed E-state index contributed by atoms with van der Waals surface area (Å²) in [4.78, 5) is 23.9. The van der Waals surface area contributed by atoms with Gasteiger partial charge in [0.2, 0.25) is 0 Å². The van der Waals surface area contributed by atoms with Crippen molar-refractivity contribution in [1.29, 1.82) is 0 Å². The van der Waals surface area contributed by atoms with Crippen molar-refractivity contribution >= 4 is 5.91 Å². The molecule has 0 aliphatic rings. The molecule has 3 rings (SSSR count). The van der Waals surface area contributed by atoms with Crippen molar-refractivity contribution in [2.75, 3.05) is 0 Å². The molecule has 0 atom stereocenters. The lowest BCUT2D eigenvalue weighted by Gasteiger charge is -2.06. The van der Waals surface area contributed by atoms with E-state index in [0.29, 0.717) is 17.9 Å². The number of hydrogen-bond acceptors (Lipinski definition) is 5. The molecule has 21 heavy (non-hydrogen) atoms. The zero-order valence-electron chi connectivity index (χ0n) is 11.0. The van der Waals surface area contributed by atoms with Gasteiger partial charge in [-0.3, -0.25) is 9.78 Å². The van der Waals surface area contributed by atoms with E-state index in [9.17, 15) is 4.79 Å². The number of pyridine rings is 2. The van der Waals surface area contributed by atoms with Crippen molar-refractivity contribution in [3.05, 3.63) is 66.6 Å². The largest absolute Gasteiger partial charge is 0.348 e. The summed E-state index contributed by atoms with van der Waals surface area (Å²) in [5, 5.41) is 6.83. The van der Waals surface area contributed by atoms with Gasteiger partial charge in [-0.15, -0.1) is 0 Å². The van der Waals surface area contributed by atoms with Crippen LogP contribution in [0.15, 0.2) is 55.5 Å². The number of nitrogens with one attached hydrogen (secondary N) is 1. The van der Waals surface area contributed by atoms with E-state index in [0.717, 1.165) is 5.56 Å². The van der Waals surface area contributed by atoms with Crippen LogP contribution in [0.2, 0.25) is 0 Å². The highest BCUT2D eigenvalue weighted by Gasteiger charge is 2.05. The summed E-state index contributed by atoms with van der Waals surface area (Å²) in [5.74, 6) is 0.537. The van der Waals surface area contributed by atoms with Crippen LogP contribution in [0.1, 0.15) is 15.9 Å². The van der Waals surface area contributed by atoms with E-state index in [2.05, 4.69) is 25.4 Å². The number of carbonyl (C=O) groups excluding carboxylic acids is 1. The first kappa shape index (κ1) is 12.9. The van der Waals surface area contributed by atoms with Gasteiger partial charge >= 0.3 is 0 Å². The molecule has 0 saturated carbocycles. The minimum Gasteiger partial charge on any atom is -0.348 e. The second-order valence-electron chi connectivity index (χ2n) is 4.28. The van der Waals surface area contributed by atoms with E-state index in [1.54, 1.807) is 41.7 Å². The first-order valence-corrected chi connectivity index (χ1v) is 6.31. The lowest BCUT2D eigenvalue weighted by molar-refractivity contribution is 0.0951. The van der Waals surface area contributed by atoms with Crippen molar-refractivity contribution < 1.29 is 4.79 Å². The minimum absolute atomic E-state index is 0.141. The molecule has 0 aromatic carbocycles. The summed E-state index contributed by atoms with van der Waals surface area (Å²) < 4.78 is 1.57. The van der Waals surface area contributed by atoms with E-state index >= 15 is 0 Å². The molecule has 0 radical (unpaired) electrons. The van der Waals surface area contributed by atoms with Crippen LogP contribution in [0.25, 0.3) is 5.82 Å². The molecule has 0 unspecified atom stereocenters. The third-order valence-corrected chi connectivity index (χ3v) is 2.86. The Bertz CT molecular complexity index is 709. The minimum atomic E-state index is -0.141. The first-order valence-electron chi connectivity index (χ1n) is 6.31. The lowest BCUT2D eigenvalue weighted by atomic mass is 10.2. The second kappa shape index (κ2) is 5.91. The molecule has 3 aromatic rings. The molecule has 1 amide bonds. The highest BCUT2D eigenvalue weighted by atomic mass is 16.1. The fourth-order valence-corrected chi connectivity index (χ4v) is 1.77. The quantitative estimate of drug-likeness (QED) is 0.770. The number of amides is 1. The Morgan fingerprint density at radius 2 is 2.00 bits per heavy atom. The van der Waals surface area contributed by atoms with Gasteiger partial charge < -0.3 is 5.32 Å². The maximum Gasteiger partial charge on any atom is 0.251 e. The van der Waals surface area contributed by atoms with Gasteiger partial charge in [0, 0.05) is 30.7 Å². The van der Waals surface area contributed by atoms with Crippen LogP contribution in [0.4, 0.5) is 0 Å². The van der Waals surface area contributed by atoms with E-state index in [-0.39, 0.29) is 5.91 Å². The SMILES string of the molecule is O=C(NCc1ccc(-n2cncn2)nc1)c1ccncc1. The van der Waals surface area contributed by atoms with Crippen molar-refractivity contribution in [2.45, 2.75) is 6.54 Å². The third kappa shape index (κ3) is 3.08. The summed E-state index contributed by atoms with van der Waals surface area (Å²) in [6.07, 6.45) is 7.90. The lowest BCUT2D eigenvalue weighted by Crippen LogP contribution is -2.22. The maximum absolute atomic E-state index is 11.9. The molecule has 3 heterocycles. The van der Waals surface area contributed by atoms with Crippen LogP contribution >= 0.6 is 0 Å². The molecule has 3 aromatic heterocycles. The number of carbonyl (C=O) groups is 1. The van der Waals surface area contributed by atoms with E-state index in [1.807, 2.05) is 12.1 Å². The summed E-state index contributed by atoms with van der Waals surface area (Å²) in [6.45, 7) is 0.409. The molecule has 0 aliphatic carbocycles. The zero-order chi connectivity index (χ0) is 14.5. The molecule has 0 saturated heterocycles. The van der Waals surface area contributed by atoms with Crippen LogP contribution in [-0.4, -0.2) is 30.6 Å². The van der Waals surface area contributed by atoms with Gasteiger partial charge in [-0.05, 0) is 23.8 Å². The average Bonchev–Trinajstić information content (AvgIpc) is 3.08. The Labute approximate surface area is 120 Å². The van der Waals surface area contributed by atoms with Crippen LogP contribution in [-0.2, 0) is 6.54 Å². The van der Waals surface area contributed by atoms with E-state index in [4.69, 9.17) is 0 Å². The van der Waals surface area contributed by atoms with Crippen LogP contribution in [0.5, 0.6) is 0 Å². The Morgan fingerprint density at radius 3 is 2.67 bits per heavy atom. The van der Waals surface area contributed by atoms with Gasteiger partial charge in [-0.1, -0.05) is 6.07 Å². The maximum atomic E-state index is 11.9. The smallest absolute Gasteiger partial charge is 0.251 e. The number of nitrogens with zero attached hydrogens (tertiary/aromatic N) is 5. The Morgan fingerprint density at radius 1 is 1.14 bits per heavy atom. The fourth-order valence-electron chi connectivity index (χ4n) is 1.77. The number of aromatic nitrogens is 5. The molecule has 7 nitrogen and oxygen atoms in total. The number of hydrogen-bond donors (Lipinski definition) is 1. The molecule has 0 fully saturated rings. The van der Waals surface area contributed by atoms with Crippen molar-refractivity contribution in [1.82, 2.24) is 30.0 Å². The highest BCUT2D eigenvalue weighted by molar-refractivity contribution is 5.93. The zero-order valence-corrected chi connectivity index (χ0v) is 11.0. The molecular weight excluding hydrogens is 268 g/mol. The van der Waals surface area contributed by atoms with Crippen molar-refractivity contribution in [3.63, 3.8) is 0 Å². The van der Waals surface area contributed by atoms with E-state index in [1.165, 1.54) is 6.33 Å². The molecule has 0 bridgehead atoms. The highest BCUT2D eigenvalue weighted by Crippen LogP contribution is 2.04. The van der Waals surface area contributed by atoms with Crippen molar-refractivity contribution in [3.8, 4) is 5.82 Å². The molecule has 0 spiro atoms. The molecule has 1 N–H and O–H groups in total. The molecule has 7 heteroatoms. The predicted molar refractivity (Wildman–Crippen MR) is 74.6 cm³/mol. The van der Waals surface area contributed by atoms with Gasteiger partial charge in [0.15, 0.2) is 5.82 Å². The average molecular weight is 280 g/mol. The second-order valence-corrected chi connectivity index (χ2v) is 4.28. The normalized spacial score (nSPS) is 10.3. The number of rotatable bonds is 4. The summed E-state index contributed by atoms with van der Waals surface area (Å²) >= 11 is 0. The van der Waals surface area contributed by atoms with Gasteiger partial charge in [-0.2, -0.15) is 5.10 Å². The van der Waals surface area contributed by atoms with Gasteiger partial charge in [-0.25, -0.2) is 14.6 Å². The van der Waals surface area contributed by atoms with Gasteiger partial charge in [0.05, 0.1) is 0 Å². The Hall–Kier alpha value is -3.09. The monoisotopic (exact) mass is 280 g/mol. The fraction of sp³-hybridized carbons (Fsp3) is 0.0714. The Kier molecular flexibility index (Phi) is 3.64. The third-order valence-electron chi connectivity index (χ3n) is 2.86. The summed E-state index contributed by atoms with van der Waals surface area (Å²) in [5.41, 5.74) is 1.48. The van der Waals surface area contributed by atoms with E-state index < -0.39 is 0 Å². The summed E-state index contributed by atoms with van der Waals surface area (Å²) in [6, 6.07) is 7.04. The Balaban J connectivity index is 1.62. The van der Waals surface area contributed by atoms with Crippen LogP contribution in [0.3, 0.4) is 0 Å². The standard InChI is InChI=1S/C14H12N6O/c21-14(12-3-5-15-6-4-12)18-8-11-1-2-13(17-7-11)20-10-16-9-19-20/h1-7,9-10H,8H2,(H,18,21). The van der Waals surface area contributed by atoms with Gasteiger partial charge in [0.25, 0.3) is 5.91 Å². The van der Waals surface area contributed by atoms with Crippen molar-refractivity contribution in [2.24, 2.45) is 0 Å². The van der Waals surface area contributed by atoms with Gasteiger partial charge in [0.1, 0.15) is 12.7 Å².